The van der Waals surface area contributed by atoms with E-state index in [4.69, 9.17) is 13.9 Å². The average molecular weight is 339 g/mol. The van der Waals surface area contributed by atoms with Gasteiger partial charge in [-0.25, -0.2) is 0 Å². The fraction of sp³-hybridized carbons (Fsp3) is 0.263. The molecule has 0 radical (unpaired) electrons. The van der Waals surface area contributed by atoms with Crippen molar-refractivity contribution in [2.24, 2.45) is 0 Å². The van der Waals surface area contributed by atoms with E-state index in [0.29, 0.717) is 24.1 Å². The lowest BCUT2D eigenvalue weighted by molar-refractivity contribution is 0.412. The van der Waals surface area contributed by atoms with Crippen LogP contribution in [-0.4, -0.2) is 31.0 Å². The van der Waals surface area contributed by atoms with Gasteiger partial charge in [-0.1, -0.05) is 24.3 Å². The van der Waals surface area contributed by atoms with Crippen molar-refractivity contribution in [3.63, 3.8) is 0 Å². The van der Waals surface area contributed by atoms with Crippen molar-refractivity contribution in [3.8, 4) is 23.0 Å². The zero-order valence-electron chi connectivity index (χ0n) is 14.4. The quantitative estimate of drug-likeness (QED) is 0.636. The molecule has 0 atom stereocenters. The molecule has 1 aromatic heterocycles. The molecule has 130 valence electrons. The van der Waals surface area contributed by atoms with Crippen LogP contribution in [0.2, 0.25) is 0 Å². The Labute approximate surface area is 146 Å². The molecule has 0 spiro atoms. The van der Waals surface area contributed by atoms with Gasteiger partial charge >= 0.3 is 0 Å². The molecule has 6 nitrogen and oxygen atoms in total. The maximum absolute atomic E-state index is 5.72. The SMILES string of the molecule is COc1cccc(CCNCc2nnc(-c3ccccc3OC)o2)c1. The van der Waals surface area contributed by atoms with E-state index >= 15 is 0 Å². The largest absolute Gasteiger partial charge is 0.497 e. The standard InChI is InChI=1S/C19H21N3O3/c1-23-15-7-5-6-14(12-15)10-11-20-13-18-21-22-19(25-18)16-8-3-4-9-17(16)24-2/h3-9,12,20H,10-11,13H2,1-2H3. The molecule has 25 heavy (non-hydrogen) atoms. The second-order valence-corrected chi connectivity index (χ2v) is 5.48. The van der Waals surface area contributed by atoms with E-state index in [1.54, 1.807) is 14.2 Å². The van der Waals surface area contributed by atoms with Gasteiger partial charge in [-0.05, 0) is 42.8 Å². The van der Waals surface area contributed by atoms with Crippen molar-refractivity contribution < 1.29 is 13.9 Å². The first kappa shape index (κ1) is 17.0. The van der Waals surface area contributed by atoms with Crippen LogP contribution in [0.3, 0.4) is 0 Å². The number of aromatic nitrogens is 2. The van der Waals surface area contributed by atoms with Crippen LogP contribution < -0.4 is 14.8 Å². The molecule has 0 aliphatic heterocycles. The van der Waals surface area contributed by atoms with Gasteiger partial charge in [0.2, 0.25) is 5.89 Å². The zero-order valence-corrected chi connectivity index (χ0v) is 14.4. The highest BCUT2D eigenvalue weighted by Crippen LogP contribution is 2.28. The van der Waals surface area contributed by atoms with Gasteiger partial charge in [0.05, 0.1) is 26.3 Å². The minimum absolute atomic E-state index is 0.460. The molecule has 0 aliphatic carbocycles. The maximum Gasteiger partial charge on any atom is 0.251 e. The molecule has 6 heteroatoms. The monoisotopic (exact) mass is 339 g/mol. The molecule has 3 rings (SSSR count). The molecule has 0 aliphatic rings. The van der Waals surface area contributed by atoms with Crippen molar-refractivity contribution in [3.05, 3.63) is 60.0 Å². The number of benzene rings is 2. The molecule has 2 aromatic carbocycles. The Morgan fingerprint density at radius 3 is 2.72 bits per heavy atom. The van der Waals surface area contributed by atoms with Crippen molar-refractivity contribution in [2.75, 3.05) is 20.8 Å². The highest BCUT2D eigenvalue weighted by Gasteiger charge is 2.12. The van der Waals surface area contributed by atoms with E-state index < -0.39 is 0 Å². The summed E-state index contributed by atoms with van der Waals surface area (Å²) in [5.41, 5.74) is 2.01. The van der Waals surface area contributed by atoms with Crippen LogP contribution in [0.4, 0.5) is 0 Å². The number of nitrogens with one attached hydrogen (secondary N) is 1. The summed E-state index contributed by atoms with van der Waals surface area (Å²) in [5.74, 6) is 2.59. The minimum atomic E-state index is 0.460. The highest BCUT2D eigenvalue weighted by atomic mass is 16.5. The van der Waals surface area contributed by atoms with E-state index in [0.717, 1.165) is 24.3 Å². The van der Waals surface area contributed by atoms with Crippen molar-refractivity contribution in [1.82, 2.24) is 15.5 Å². The van der Waals surface area contributed by atoms with Crippen LogP contribution in [0, 0.1) is 0 Å². The van der Waals surface area contributed by atoms with Gasteiger partial charge in [-0.15, -0.1) is 10.2 Å². The Kier molecular flexibility index (Phi) is 5.64. The van der Waals surface area contributed by atoms with Gasteiger partial charge in [0, 0.05) is 0 Å². The molecular weight excluding hydrogens is 318 g/mol. The molecule has 0 saturated carbocycles. The molecule has 3 aromatic rings. The van der Waals surface area contributed by atoms with Crippen LogP contribution >= 0.6 is 0 Å². The number of ether oxygens (including phenoxy) is 2. The Hall–Kier alpha value is -2.86. The summed E-state index contributed by atoms with van der Waals surface area (Å²) in [6, 6.07) is 15.6. The summed E-state index contributed by atoms with van der Waals surface area (Å²) >= 11 is 0. The molecular formula is C19H21N3O3. The first-order chi connectivity index (χ1) is 12.3. The summed E-state index contributed by atoms with van der Waals surface area (Å²) < 4.78 is 16.3. The van der Waals surface area contributed by atoms with Gasteiger partial charge in [-0.3, -0.25) is 0 Å². The van der Waals surface area contributed by atoms with Crippen LogP contribution in [-0.2, 0) is 13.0 Å². The topological polar surface area (TPSA) is 69.4 Å². The van der Waals surface area contributed by atoms with Gasteiger partial charge in [0.1, 0.15) is 11.5 Å². The lowest BCUT2D eigenvalue weighted by atomic mass is 10.1. The Bertz CT molecular complexity index is 817. The van der Waals surface area contributed by atoms with E-state index in [1.807, 2.05) is 42.5 Å². The summed E-state index contributed by atoms with van der Waals surface area (Å²) in [7, 11) is 3.29. The molecule has 1 N–H and O–H groups in total. The molecule has 0 unspecified atom stereocenters. The third-order valence-electron chi connectivity index (χ3n) is 3.81. The van der Waals surface area contributed by atoms with Crippen LogP contribution in [0.15, 0.2) is 52.9 Å². The summed E-state index contributed by atoms with van der Waals surface area (Å²) in [5, 5.41) is 11.5. The number of hydrogen-bond acceptors (Lipinski definition) is 6. The predicted octanol–water partition coefficient (Wildman–Crippen LogP) is 3.09. The minimum Gasteiger partial charge on any atom is -0.497 e. The lowest BCUT2D eigenvalue weighted by Gasteiger charge is -2.05. The van der Waals surface area contributed by atoms with Crippen LogP contribution in [0.5, 0.6) is 11.5 Å². The molecule has 1 heterocycles. The third-order valence-corrected chi connectivity index (χ3v) is 3.81. The second-order valence-electron chi connectivity index (χ2n) is 5.48. The zero-order chi connectivity index (χ0) is 17.5. The molecule has 0 fully saturated rings. The summed E-state index contributed by atoms with van der Waals surface area (Å²) in [6.45, 7) is 1.33. The van der Waals surface area contributed by atoms with E-state index in [-0.39, 0.29) is 0 Å². The number of methoxy groups -OCH3 is 2. The normalized spacial score (nSPS) is 10.6. The van der Waals surface area contributed by atoms with Crippen molar-refractivity contribution in [2.45, 2.75) is 13.0 Å². The molecule has 0 amide bonds. The van der Waals surface area contributed by atoms with E-state index in [2.05, 4.69) is 21.6 Å². The van der Waals surface area contributed by atoms with Crippen molar-refractivity contribution >= 4 is 0 Å². The van der Waals surface area contributed by atoms with Crippen LogP contribution in [0.1, 0.15) is 11.5 Å². The number of nitrogens with zero attached hydrogens (tertiary/aromatic N) is 2. The fourth-order valence-electron chi connectivity index (χ4n) is 2.51. The highest BCUT2D eigenvalue weighted by molar-refractivity contribution is 5.62. The Balaban J connectivity index is 1.53. The van der Waals surface area contributed by atoms with Gasteiger partial charge in [0.25, 0.3) is 5.89 Å². The van der Waals surface area contributed by atoms with Gasteiger partial charge in [0.15, 0.2) is 0 Å². The lowest BCUT2D eigenvalue weighted by Crippen LogP contribution is -2.16. The predicted molar refractivity (Wildman–Crippen MR) is 94.7 cm³/mol. The third kappa shape index (κ3) is 4.36. The van der Waals surface area contributed by atoms with Gasteiger partial charge in [-0.2, -0.15) is 0 Å². The first-order valence-electron chi connectivity index (χ1n) is 8.09. The molecule has 0 bridgehead atoms. The van der Waals surface area contributed by atoms with E-state index in [9.17, 15) is 0 Å². The van der Waals surface area contributed by atoms with E-state index in [1.165, 1.54) is 5.56 Å². The Morgan fingerprint density at radius 2 is 1.88 bits per heavy atom. The fourth-order valence-corrected chi connectivity index (χ4v) is 2.51. The Morgan fingerprint density at radius 1 is 1.00 bits per heavy atom. The summed E-state index contributed by atoms with van der Waals surface area (Å²) in [6.07, 6.45) is 0.894. The summed E-state index contributed by atoms with van der Waals surface area (Å²) in [4.78, 5) is 0. The maximum atomic E-state index is 5.72. The van der Waals surface area contributed by atoms with Crippen LogP contribution in [0.25, 0.3) is 11.5 Å². The first-order valence-corrected chi connectivity index (χ1v) is 8.09. The molecule has 0 saturated heterocycles. The van der Waals surface area contributed by atoms with Crippen molar-refractivity contribution in [1.29, 1.82) is 0 Å². The average Bonchev–Trinajstić information content (AvgIpc) is 3.14. The smallest absolute Gasteiger partial charge is 0.251 e. The number of hydrogen-bond donors (Lipinski definition) is 1. The number of para-hydroxylation sites is 1. The number of rotatable bonds is 8. The second kappa shape index (κ2) is 8.30. The van der Waals surface area contributed by atoms with Gasteiger partial charge < -0.3 is 19.2 Å².